The highest BCUT2D eigenvalue weighted by Gasteiger charge is 2.09. The van der Waals surface area contributed by atoms with E-state index in [0.717, 1.165) is 18.4 Å². The summed E-state index contributed by atoms with van der Waals surface area (Å²) in [5.41, 5.74) is 2.15. The van der Waals surface area contributed by atoms with Gasteiger partial charge in [0, 0.05) is 24.3 Å². The van der Waals surface area contributed by atoms with Crippen molar-refractivity contribution >= 4 is 6.03 Å². The van der Waals surface area contributed by atoms with Crippen LogP contribution in [-0.2, 0) is 13.0 Å². The molecule has 1 aromatic heterocycles. The molecule has 0 bridgehead atoms. The van der Waals surface area contributed by atoms with Crippen LogP contribution in [0.5, 0.6) is 5.88 Å². The van der Waals surface area contributed by atoms with Gasteiger partial charge in [0.05, 0.1) is 6.61 Å². The Morgan fingerprint density at radius 1 is 1.21 bits per heavy atom. The Hall–Kier alpha value is -2.56. The zero-order chi connectivity index (χ0) is 17.2. The highest BCUT2D eigenvalue weighted by molar-refractivity contribution is 5.74. The summed E-state index contributed by atoms with van der Waals surface area (Å²) in [5.74, 6) is 0.567. The van der Waals surface area contributed by atoms with Gasteiger partial charge < -0.3 is 15.4 Å². The number of aryl methyl sites for hydroxylation is 1. The van der Waals surface area contributed by atoms with E-state index in [1.54, 1.807) is 6.20 Å². The lowest BCUT2D eigenvalue weighted by Crippen LogP contribution is -2.40. The standard InChI is InChI=1S/C19H25N3O2/c1-3-24-18-17(10-7-13-20-18)14-21-19(23)22-15(2)11-12-16-8-5-4-6-9-16/h4-10,13,15H,3,11-12,14H2,1-2H3,(H2,21,22,23). The summed E-state index contributed by atoms with van der Waals surface area (Å²) >= 11 is 0. The number of carbonyl (C=O) groups is 1. The molecule has 1 atom stereocenters. The second-order valence-electron chi connectivity index (χ2n) is 5.65. The molecular formula is C19H25N3O2. The van der Waals surface area contributed by atoms with Crippen LogP contribution in [-0.4, -0.2) is 23.7 Å². The third-order valence-corrected chi connectivity index (χ3v) is 3.66. The van der Waals surface area contributed by atoms with Crippen molar-refractivity contribution in [2.24, 2.45) is 0 Å². The lowest BCUT2D eigenvalue weighted by Gasteiger charge is -2.15. The number of amides is 2. The Labute approximate surface area is 143 Å². The van der Waals surface area contributed by atoms with E-state index in [4.69, 9.17) is 4.74 Å². The summed E-state index contributed by atoms with van der Waals surface area (Å²) in [7, 11) is 0. The van der Waals surface area contributed by atoms with E-state index in [1.807, 2.05) is 44.2 Å². The number of ether oxygens (including phenoxy) is 1. The smallest absolute Gasteiger partial charge is 0.315 e. The lowest BCUT2D eigenvalue weighted by atomic mass is 10.1. The van der Waals surface area contributed by atoms with E-state index in [2.05, 4.69) is 27.8 Å². The highest BCUT2D eigenvalue weighted by atomic mass is 16.5. The van der Waals surface area contributed by atoms with Crippen molar-refractivity contribution in [3.05, 3.63) is 59.8 Å². The van der Waals surface area contributed by atoms with Crippen molar-refractivity contribution in [3.8, 4) is 5.88 Å². The summed E-state index contributed by atoms with van der Waals surface area (Å²) in [4.78, 5) is 16.2. The van der Waals surface area contributed by atoms with Gasteiger partial charge in [0.2, 0.25) is 5.88 Å². The number of carbonyl (C=O) groups excluding carboxylic acids is 1. The van der Waals surface area contributed by atoms with E-state index in [0.29, 0.717) is 19.0 Å². The van der Waals surface area contributed by atoms with Gasteiger partial charge >= 0.3 is 6.03 Å². The molecule has 5 nitrogen and oxygen atoms in total. The largest absolute Gasteiger partial charge is 0.478 e. The number of nitrogens with one attached hydrogen (secondary N) is 2. The molecule has 0 fully saturated rings. The summed E-state index contributed by atoms with van der Waals surface area (Å²) < 4.78 is 5.46. The summed E-state index contributed by atoms with van der Waals surface area (Å²) in [6.07, 6.45) is 3.52. The van der Waals surface area contributed by atoms with E-state index < -0.39 is 0 Å². The molecule has 0 radical (unpaired) electrons. The molecule has 0 spiro atoms. The van der Waals surface area contributed by atoms with Gasteiger partial charge in [-0.15, -0.1) is 0 Å². The number of aromatic nitrogens is 1. The van der Waals surface area contributed by atoms with Crippen molar-refractivity contribution in [1.29, 1.82) is 0 Å². The van der Waals surface area contributed by atoms with Crippen LogP contribution in [0.25, 0.3) is 0 Å². The molecule has 2 rings (SSSR count). The van der Waals surface area contributed by atoms with Gasteiger partial charge in [-0.25, -0.2) is 9.78 Å². The second kappa shape index (κ2) is 9.55. The van der Waals surface area contributed by atoms with Crippen LogP contribution in [0.4, 0.5) is 4.79 Å². The first-order valence-electron chi connectivity index (χ1n) is 8.34. The Morgan fingerprint density at radius 3 is 2.75 bits per heavy atom. The normalized spacial score (nSPS) is 11.6. The van der Waals surface area contributed by atoms with Crippen LogP contribution >= 0.6 is 0 Å². The SMILES string of the molecule is CCOc1ncccc1CNC(=O)NC(C)CCc1ccccc1. The molecule has 24 heavy (non-hydrogen) atoms. The Bertz CT molecular complexity index is 632. The zero-order valence-corrected chi connectivity index (χ0v) is 14.3. The fourth-order valence-electron chi connectivity index (χ4n) is 2.38. The first-order valence-corrected chi connectivity index (χ1v) is 8.34. The molecule has 5 heteroatoms. The molecule has 2 aromatic rings. The van der Waals surface area contributed by atoms with Crippen LogP contribution in [0.15, 0.2) is 48.7 Å². The van der Waals surface area contributed by atoms with Crippen molar-refractivity contribution in [3.63, 3.8) is 0 Å². The molecular weight excluding hydrogens is 302 g/mol. The van der Waals surface area contributed by atoms with Gasteiger partial charge in [-0.3, -0.25) is 0 Å². The van der Waals surface area contributed by atoms with E-state index in [-0.39, 0.29) is 12.1 Å². The first kappa shape index (κ1) is 17.8. The van der Waals surface area contributed by atoms with Crippen molar-refractivity contribution in [2.75, 3.05) is 6.61 Å². The predicted molar refractivity (Wildman–Crippen MR) is 95.0 cm³/mol. The molecule has 2 N–H and O–H groups in total. The molecule has 1 aromatic carbocycles. The van der Waals surface area contributed by atoms with E-state index >= 15 is 0 Å². The fraction of sp³-hybridized carbons (Fsp3) is 0.368. The highest BCUT2D eigenvalue weighted by Crippen LogP contribution is 2.13. The van der Waals surface area contributed by atoms with E-state index in [9.17, 15) is 4.79 Å². The minimum Gasteiger partial charge on any atom is -0.478 e. The number of hydrogen-bond acceptors (Lipinski definition) is 3. The maximum absolute atomic E-state index is 12.0. The van der Waals surface area contributed by atoms with Crippen LogP contribution < -0.4 is 15.4 Å². The molecule has 0 saturated carbocycles. The minimum absolute atomic E-state index is 0.102. The molecule has 0 aliphatic heterocycles. The number of rotatable bonds is 8. The van der Waals surface area contributed by atoms with Gasteiger partial charge in [-0.2, -0.15) is 0 Å². The Balaban J connectivity index is 1.74. The molecule has 2 amide bonds. The number of nitrogens with zero attached hydrogens (tertiary/aromatic N) is 1. The summed E-state index contributed by atoms with van der Waals surface area (Å²) in [6.45, 7) is 4.86. The maximum atomic E-state index is 12.0. The summed E-state index contributed by atoms with van der Waals surface area (Å²) in [6, 6.07) is 13.9. The lowest BCUT2D eigenvalue weighted by molar-refractivity contribution is 0.236. The van der Waals surface area contributed by atoms with Gasteiger partial charge in [0.15, 0.2) is 0 Å². The second-order valence-corrected chi connectivity index (χ2v) is 5.65. The van der Waals surface area contributed by atoms with Gasteiger partial charge in [-0.05, 0) is 38.3 Å². The number of benzene rings is 1. The van der Waals surface area contributed by atoms with Gasteiger partial charge in [-0.1, -0.05) is 36.4 Å². The molecule has 0 aliphatic carbocycles. The van der Waals surface area contributed by atoms with Crippen LogP contribution in [0.1, 0.15) is 31.4 Å². The zero-order valence-electron chi connectivity index (χ0n) is 14.3. The quantitative estimate of drug-likeness (QED) is 0.782. The van der Waals surface area contributed by atoms with Crippen LogP contribution in [0.2, 0.25) is 0 Å². The third kappa shape index (κ3) is 5.91. The van der Waals surface area contributed by atoms with Crippen molar-refractivity contribution < 1.29 is 9.53 Å². The predicted octanol–water partition coefficient (Wildman–Crippen LogP) is 3.30. The van der Waals surface area contributed by atoms with Gasteiger partial charge in [0.25, 0.3) is 0 Å². The minimum atomic E-state index is -0.179. The summed E-state index contributed by atoms with van der Waals surface area (Å²) in [5, 5.41) is 5.82. The van der Waals surface area contributed by atoms with Crippen molar-refractivity contribution in [2.45, 2.75) is 39.3 Å². The number of urea groups is 1. The Morgan fingerprint density at radius 2 is 2.00 bits per heavy atom. The molecule has 0 saturated heterocycles. The van der Waals surface area contributed by atoms with Crippen LogP contribution in [0.3, 0.4) is 0 Å². The van der Waals surface area contributed by atoms with Crippen molar-refractivity contribution in [1.82, 2.24) is 15.6 Å². The number of pyridine rings is 1. The van der Waals surface area contributed by atoms with E-state index in [1.165, 1.54) is 5.56 Å². The topological polar surface area (TPSA) is 63.2 Å². The number of hydrogen-bond donors (Lipinski definition) is 2. The fourth-order valence-corrected chi connectivity index (χ4v) is 2.38. The molecule has 0 aliphatic rings. The van der Waals surface area contributed by atoms with Gasteiger partial charge in [0.1, 0.15) is 0 Å². The maximum Gasteiger partial charge on any atom is 0.315 e. The third-order valence-electron chi connectivity index (χ3n) is 3.66. The monoisotopic (exact) mass is 327 g/mol. The molecule has 1 heterocycles. The first-order chi connectivity index (χ1) is 11.7. The average Bonchev–Trinajstić information content (AvgIpc) is 2.60. The molecule has 128 valence electrons. The Kier molecular flexibility index (Phi) is 7.08. The van der Waals surface area contributed by atoms with Crippen LogP contribution in [0, 0.1) is 0 Å². The molecule has 1 unspecified atom stereocenters. The average molecular weight is 327 g/mol.